The van der Waals surface area contributed by atoms with E-state index < -0.39 is 15.8 Å². The molecule has 9 heteroatoms. The first-order valence-corrected chi connectivity index (χ1v) is 15.2. The molecule has 0 unspecified atom stereocenters. The molecule has 0 aliphatic carbocycles. The van der Waals surface area contributed by atoms with Crippen LogP contribution >= 0.6 is 0 Å². The lowest BCUT2D eigenvalue weighted by Gasteiger charge is -2.29. The van der Waals surface area contributed by atoms with Gasteiger partial charge in [0.25, 0.3) is 0 Å². The van der Waals surface area contributed by atoms with E-state index in [4.69, 9.17) is 9.15 Å². The molecule has 3 heterocycles. The molecule has 0 saturated carbocycles. The van der Waals surface area contributed by atoms with Gasteiger partial charge in [-0.05, 0) is 60.4 Å². The van der Waals surface area contributed by atoms with E-state index in [-0.39, 0.29) is 28.9 Å². The largest absolute Gasteiger partial charge is 0.489 e. The zero-order valence-corrected chi connectivity index (χ0v) is 23.9. The van der Waals surface area contributed by atoms with E-state index in [1.165, 1.54) is 0 Å². The first kappa shape index (κ1) is 27.7. The number of benzene rings is 2. The molecule has 0 radical (unpaired) electrons. The molecule has 1 atom stereocenters. The molecule has 4 aromatic rings. The molecule has 8 nitrogen and oxygen atoms in total. The fraction of sp³-hybridized carbons (Fsp3) is 0.355. The highest BCUT2D eigenvalue weighted by Crippen LogP contribution is 2.28. The minimum atomic E-state index is -3.63. The van der Waals surface area contributed by atoms with Gasteiger partial charge in [-0.1, -0.05) is 26.0 Å². The summed E-state index contributed by atoms with van der Waals surface area (Å²) in [4.78, 5) is 20.4. The van der Waals surface area contributed by atoms with Crippen molar-refractivity contribution >= 4 is 32.8 Å². The number of nitrogens with zero attached hydrogens (tertiary/aromatic N) is 3. The summed E-state index contributed by atoms with van der Waals surface area (Å²) < 4.78 is 39.8. The van der Waals surface area contributed by atoms with Gasteiger partial charge in [-0.3, -0.25) is 4.79 Å². The molecule has 0 fully saturated rings. The molecule has 1 aliphatic heterocycles. The number of aromatic nitrogens is 2. The van der Waals surface area contributed by atoms with Crippen LogP contribution < -0.4 is 4.74 Å². The predicted molar refractivity (Wildman–Crippen MR) is 155 cm³/mol. The lowest BCUT2D eigenvalue weighted by atomic mass is 9.97. The fourth-order valence-electron chi connectivity index (χ4n) is 5.12. The quantitative estimate of drug-likeness (QED) is 0.247. The highest BCUT2D eigenvalue weighted by molar-refractivity contribution is 7.91. The Balaban J connectivity index is 1.39. The van der Waals surface area contributed by atoms with Crippen molar-refractivity contribution < 1.29 is 22.4 Å². The number of carbonyl (C=O) groups is 1. The Labute approximate surface area is 235 Å². The number of furan rings is 1. The minimum absolute atomic E-state index is 0.0563. The van der Waals surface area contributed by atoms with Crippen molar-refractivity contribution in [3.05, 3.63) is 84.1 Å². The van der Waals surface area contributed by atoms with Crippen LogP contribution in [0.15, 0.2) is 76.6 Å². The molecule has 1 aliphatic rings. The number of ether oxygens (including phenoxy) is 1. The van der Waals surface area contributed by atoms with Gasteiger partial charge in [-0.25, -0.2) is 13.4 Å². The van der Waals surface area contributed by atoms with Crippen molar-refractivity contribution in [1.29, 1.82) is 0 Å². The number of carbonyl (C=O) groups excluding carboxylic acids is 1. The molecule has 2 aromatic heterocycles. The summed E-state index contributed by atoms with van der Waals surface area (Å²) in [6.07, 6.45) is 9.42. The normalized spacial score (nSPS) is 13.8. The lowest BCUT2D eigenvalue weighted by Crippen LogP contribution is -2.39. The fourth-order valence-corrected chi connectivity index (χ4v) is 6.54. The summed E-state index contributed by atoms with van der Waals surface area (Å²) in [5.74, 6) is 0.194. The third-order valence-electron chi connectivity index (χ3n) is 7.22. The summed E-state index contributed by atoms with van der Waals surface area (Å²) in [5.41, 5.74) is 3.43. The number of fused-ring (bicyclic) bond motifs is 2. The average molecular weight is 562 g/mol. The van der Waals surface area contributed by atoms with Gasteiger partial charge in [0.15, 0.2) is 9.84 Å². The maximum absolute atomic E-state index is 14.1. The molecule has 0 spiro atoms. The number of amides is 1. The number of imidazole rings is 1. The van der Waals surface area contributed by atoms with Crippen LogP contribution in [0.25, 0.3) is 17.0 Å². The number of rotatable bonds is 11. The summed E-state index contributed by atoms with van der Waals surface area (Å²) in [5, 5.41) is 0.984. The Morgan fingerprint density at radius 2 is 2.00 bits per heavy atom. The predicted octanol–water partition coefficient (Wildman–Crippen LogP) is 5.28. The number of aryl methyl sites for hydroxylation is 1. The molecule has 5 rings (SSSR count). The van der Waals surface area contributed by atoms with Gasteiger partial charge in [0.05, 0.1) is 23.2 Å². The summed E-state index contributed by atoms with van der Waals surface area (Å²) in [6.45, 7) is 5.63. The van der Waals surface area contributed by atoms with E-state index in [0.717, 1.165) is 27.8 Å². The van der Waals surface area contributed by atoms with E-state index >= 15 is 0 Å². The molecule has 0 saturated heterocycles. The summed E-state index contributed by atoms with van der Waals surface area (Å²) in [7, 11) is -1.75. The van der Waals surface area contributed by atoms with Crippen molar-refractivity contribution in [3.63, 3.8) is 0 Å². The van der Waals surface area contributed by atoms with E-state index in [1.807, 2.05) is 52.9 Å². The van der Waals surface area contributed by atoms with Gasteiger partial charge < -0.3 is 18.6 Å². The summed E-state index contributed by atoms with van der Waals surface area (Å²) >= 11 is 0. The van der Waals surface area contributed by atoms with E-state index in [2.05, 4.69) is 18.8 Å². The average Bonchev–Trinajstić information content (AvgIpc) is 3.57. The monoisotopic (exact) mass is 561 g/mol. The summed E-state index contributed by atoms with van der Waals surface area (Å²) in [6, 6.07) is 12.8. The van der Waals surface area contributed by atoms with Crippen LogP contribution in [0.4, 0.5) is 0 Å². The van der Waals surface area contributed by atoms with Crippen LogP contribution in [-0.2, 0) is 34.6 Å². The standard InChI is InChI=1S/C31H35N3O5S/c1-22(2)19-34(20-23-6-8-29-25(15-23)10-13-39-29)31(35)26(16-27-18-32-21-33(27)3)11-14-40(36,37)28-7-9-30-24(17-28)5-4-12-38-30/h4-10,13,15,17-18,21-22,26H,11-12,14,16,19-20H2,1-3H3/t26-/m0/s1. The van der Waals surface area contributed by atoms with Crippen LogP contribution in [0.1, 0.15) is 37.1 Å². The Morgan fingerprint density at radius 1 is 1.15 bits per heavy atom. The van der Waals surface area contributed by atoms with E-state index in [0.29, 0.717) is 31.9 Å². The second-order valence-electron chi connectivity index (χ2n) is 10.8. The number of hydrogen-bond donors (Lipinski definition) is 0. The topological polar surface area (TPSA) is 94.6 Å². The lowest BCUT2D eigenvalue weighted by molar-refractivity contribution is -0.136. The van der Waals surface area contributed by atoms with Crippen LogP contribution in [-0.4, -0.2) is 47.7 Å². The molecule has 40 heavy (non-hydrogen) atoms. The van der Waals surface area contributed by atoms with E-state index in [1.54, 1.807) is 37.0 Å². The van der Waals surface area contributed by atoms with Crippen molar-refractivity contribution in [2.75, 3.05) is 18.9 Å². The van der Waals surface area contributed by atoms with Crippen molar-refractivity contribution in [2.24, 2.45) is 18.9 Å². The minimum Gasteiger partial charge on any atom is -0.489 e. The molecule has 0 bridgehead atoms. The molecular formula is C31H35N3O5S. The smallest absolute Gasteiger partial charge is 0.226 e. The van der Waals surface area contributed by atoms with Crippen molar-refractivity contribution in [1.82, 2.24) is 14.5 Å². The molecule has 0 N–H and O–H groups in total. The number of sulfone groups is 1. The Morgan fingerprint density at radius 3 is 2.77 bits per heavy atom. The zero-order chi connectivity index (χ0) is 28.3. The molecular weight excluding hydrogens is 526 g/mol. The van der Waals surface area contributed by atoms with Gasteiger partial charge >= 0.3 is 0 Å². The van der Waals surface area contributed by atoms with Gasteiger partial charge in [0.2, 0.25) is 5.91 Å². The van der Waals surface area contributed by atoms with Crippen LogP contribution in [0.3, 0.4) is 0 Å². The Hall–Kier alpha value is -3.85. The van der Waals surface area contributed by atoms with Crippen LogP contribution in [0, 0.1) is 11.8 Å². The van der Waals surface area contributed by atoms with Gasteiger partial charge in [-0.15, -0.1) is 0 Å². The molecule has 1 amide bonds. The SMILES string of the molecule is CC(C)CN(Cc1ccc2occc2c1)C(=O)[C@@H](CCS(=O)(=O)c1ccc2c(c1)C=CCO2)Cc1cncn1C. The molecule has 2 aromatic carbocycles. The van der Waals surface area contributed by atoms with Crippen LogP contribution in [0.5, 0.6) is 5.75 Å². The Kier molecular flexibility index (Phi) is 8.12. The number of hydrogen-bond acceptors (Lipinski definition) is 6. The third-order valence-corrected chi connectivity index (χ3v) is 8.96. The van der Waals surface area contributed by atoms with Crippen molar-refractivity contribution in [2.45, 2.75) is 38.1 Å². The molecule has 210 valence electrons. The van der Waals surface area contributed by atoms with Gasteiger partial charge in [0.1, 0.15) is 17.9 Å². The van der Waals surface area contributed by atoms with E-state index in [9.17, 15) is 13.2 Å². The maximum atomic E-state index is 14.1. The maximum Gasteiger partial charge on any atom is 0.226 e. The highest BCUT2D eigenvalue weighted by Gasteiger charge is 2.29. The second kappa shape index (κ2) is 11.7. The van der Waals surface area contributed by atoms with Gasteiger partial charge in [0, 0.05) is 55.3 Å². The zero-order valence-electron chi connectivity index (χ0n) is 23.1. The third kappa shape index (κ3) is 6.31. The first-order chi connectivity index (χ1) is 19.2. The Bertz CT molecular complexity index is 1630. The second-order valence-corrected chi connectivity index (χ2v) is 12.9. The van der Waals surface area contributed by atoms with Gasteiger partial charge in [-0.2, -0.15) is 0 Å². The van der Waals surface area contributed by atoms with Crippen LogP contribution in [0.2, 0.25) is 0 Å². The highest BCUT2D eigenvalue weighted by atomic mass is 32.2. The van der Waals surface area contributed by atoms with Crippen molar-refractivity contribution in [3.8, 4) is 5.75 Å². The first-order valence-electron chi connectivity index (χ1n) is 13.6.